The summed E-state index contributed by atoms with van der Waals surface area (Å²) in [5, 5.41) is 0. The number of carbonyl (C=O) groups excluding carboxylic acids is 1. The summed E-state index contributed by atoms with van der Waals surface area (Å²) < 4.78 is 5.86. The van der Waals surface area contributed by atoms with Crippen LogP contribution >= 0.6 is 0 Å². The average Bonchev–Trinajstić information content (AvgIpc) is 2.80. The lowest BCUT2D eigenvalue weighted by Crippen LogP contribution is -2.49. The number of hydrogen-bond acceptors (Lipinski definition) is 2. The van der Waals surface area contributed by atoms with Crippen molar-refractivity contribution in [3.8, 4) is 0 Å². The molecule has 0 N–H and O–H groups in total. The van der Waals surface area contributed by atoms with E-state index in [9.17, 15) is 4.79 Å². The van der Waals surface area contributed by atoms with Gasteiger partial charge >= 0.3 is 5.97 Å². The van der Waals surface area contributed by atoms with Gasteiger partial charge in [-0.05, 0) is 75.0 Å². The molecule has 0 unspecified atom stereocenters. The molecule has 0 aromatic carbocycles. The number of fused-ring (bicyclic) bond motifs is 1. The summed E-state index contributed by atoms with van der Waals surface area (Å²) in [7, 11) is 0. The fourth-order valence-corrected chi connectivity index (χ4v) is 7.05. The molecule has 2 rings (SSSR count). The van der Waals surface area contributed by atoms with E-state index in [0.717, 1.165) is 12.8 Å². The van der Waals surface area contributed by atoms with Crippen molar-refractivity contribution in [1.29, 1.82) is 0 Å². The number of hydrogen-bond donors (Lipinski definition) is 0. The fourth-order valence-electron chi connectivity index (χ4n) is 7.05. The van der Waals surface area contributed by atoms with Gasteiger partial charge in [-0.2, -0.15) is 0 Å². The molecule has 1 fully saturated rings. The standard InChI is InChI=1S/C33H58O2/c1-6-7-8-9-10-11-12-13-14-15-16-17-18-19-20-22-31(34)35-27-29-28(2)23-24-30-32(3,4)25-21-26-33(29,30)5/h13-14,23,29-30H,6-12,15-22,24-27H2,1-5H3/b14-13-/t29-,30-,33+/m0/s1. The van der Waals surface area contributed by atoms with Crippen LogP contribution in [0, 0.1) is 22.7 Å². The molecule has 0 aromatic rings. The Bertz CT molecular complexity index is 658. The first-order valence-electron chi connectivity index (χ1n) is 15.3. The maximum absolute atomic E-state index is 12.5. The Hall–Kier alpha value is -1.05. The van der Waals surface area contributed by atoms with Crippen LogP contribution in [0.3, 0.4) is 0 Å². The van der Waals surface area contributed by atoms with E-state index in [1.165, 1.54) is 102 Å². The van der Waals surface area contributed by atoms with Crippen LogP contribution < -0.4 is 0 Å². The van der Waals surface area contributed by atoms with Crippen LogP contribution in [-0.2, 0) is 9.53 Å². The van der Waals surface area contributed by atoms with Crippen LogP contribution in [0.5, 0.6) is 0 Å². The topological polar surface area (TPSA) is 26.3 Å². The van der Waals surface area contributed by atoms with E-state index in [1.54, 1.807) is 0 Å². The van der Waals surface area contributed by atoms with Crippen LogP contribution in [0.25, 0.3) is 0 Å². The van der Waals surface area contributed by atoms with E-state index in [-0.39, 0.29) is 11.4 Å². The molecule has 2 aliphatic carbocycles. The second-order valence-electron chi connectivity index (χ2n) is 12.7. The van der Waals surface area contributed by atoms with Crippen molar-refractivity contribution in [1.82, 2.24) is 0 Å². The Morgan fingerprint density at radius 2 is 1.51 bits per heavy atom. The Morgan fingerprint density at radius 3 is 2.17 bits per heavy atom. The molecule has 0 heterocycles. The molecular weight excluding hydrogens is 428 g/mol. The zero-order valence-corrected chi connectivity index (χ0v) is 24.1. The lowest BCUT2D eigenvalue weighted by molar-refractivity contribution is -0.148. The van der Waals surface area contributed by atoms with Crippen molar-refractivity contribution in [3.63, 3.8) is 0 Å². The Kier molecular flexibility index (Phi) is 13.7. The number of carbonyl (C=O) groups is 1. The fraction of sp³-hybridized carbons (Fsp3) is 0.848. The Labute approximate surface area is 218 Å². The number of allylic oxidation sites excluding steroid dienone is 3. The summed E-state index contributed by atoms with van der Waals surface area (Å²) in [5.74, 6) is 1.09. The molecule has 1 saturated carbocycles. The van der Waals surface area contributed by atoms with Gasteiger partial charge in [-0.1, -0.05) is 109 Å². The molecule has 3 atom stereocenters. The van der Waals surface area contributed by atoms with E-state index < -0.39 is 0 Å². The quantitative estimate of drug-likeness (QED) is 0.116. The number of ether oxygens (including phenoxy) is 1. The summed E-state index contributed by atoms with van der Waals surface area (Å²) in [5.41, 5.74) is 2.09. The minimum absolute atomic E-state index is 0.0104. The molecule has 0 amide bonds. The van der Waals surface area contributed by atoms with Crippen LogP contribution in [0.15, 0.2) is 23.8 Å². The third kappa shape index (κ3) is 10.1. The lowest BCUT2D eigenvalue weighted by Gasteiger charge is -2.56. The van der Waals surface area contributed by atoms with Gasteiger partial charge in [0, 0.05) is 12.3 Å². The van der Waals surface area contributed by atoms with Crippen molar-refractivity contribution in [3.05, 3.63) is 23.8 Å². The lowest BCUT2D eigenvalue weighted by atomic mass is 9.49. The second kappa shape index (κ2) is 15.9. The van der Waals surface area contributed by atoms with Gasteiger partial charge in [0.15, 0.2) is 0 Å². The van der Waals surface area contributed by atoms with E-state index >= 15 is 0 Å². The SMILES string of the molecule is CCCCCCCC/C=C\CCCCCCCC(=O)OC[C@H]1C(C)=CC[C@H]2C(C)(C)CCC[C@]12C. The maximum atomic E-state index is 12.5. The monoisotopic (exact) mass is 486 g/mol. The third-order valence-corrected chi connectivity index (χ3v) is 9.35. The van der Waals surface area contributed by atoms with E-state index in [4.69, 9.17) is 4.74 Å². The Balaban J connectivity index is 1.52. The van der Waals surface area contributed by atoms with Crippen molar-refractivity contribution in [2.24, 2.45) is 22.7 Å². The van der Waals surface area contributed by atoms with Crippen molar-refractivity contribution in [2.45, 2.75) is 150 Å². The van der Waals surface area contributed by atoms with Crippen molar-refractivity contribution in [2.75, 3.05) is 6.61 Å². The van der Waals surface area contributed by atoms with Gasteiger partial charge in [0.1, 0.15) is 0 Å². The molecule has 2 heteroatoms. The summed E-state index contributed by atoms with van der Waals surface area (Å²) in [6.45, 7) is 12.5. The van der Waals surface area contributed by atoms with Gasteiger partial charge in [0.05, 0.1) is 6.61 Å². The highest BCUT2D eigenvalue weighted by atomic mass is 16.5. The predicted molar refractivity (Wildman–Crippen MR) is 152 cm³/mol. The maximum Gasteiger partial charge on any atom is 0.305 e. The van der Waals surface area contributed by atoms with E-state index in [1.807, 2.05) is 0 Å². The van der Waals surface area contributed by atoms with Gasteiger partial charge in [-0.25, -0.2) is 0 Å². The molecule has 0 spiro atoms. The molecule has 0 radical (unpaired) electrons. The van der Waals surface area contributed by atoms with Gasteiger partial charge in [-0.15, -0.1) is 0 Å². The van der Waals surface area contributed by atoms with Gasteiger partial charge < -0.3 is 4.74 Å². The molecular formula is C33H58O2. The van der Waals surface area contributed by atoms with Crippen molar-refractivity contribution >= 4 is 5.97 Å². The molecule has 0 bridgehead atoms. The molecule has 35 heavy (non-hydrogen) atoms. The Morgan fingerprint density at radius 1 is 0.914 bits per heavy atom. The first-order chi connectivity index (χ1) is 16.8. The van der Waals surface area contributed by atoms with Gasteiger partial charge in [-0.3, -0.25) is 4.79 Å². The highest BCUT2D eigenvalue weighted by Gasteiger charge is 2.52. The average molecular weight is 487 g/mol. The van der Waals surface area contributed by atoms with E-state index in [0.29, 0.717) is 30.3 Å². The van der Waals surface area contributed by atoms with E-state index in [2.05, 4.69) is 52.8 Å². The van der Waals surface area contributed by atoms with Crippen LogP contribution in [-0.4, -0.2) is 12.6 Å². The van der Waals surface area contributed by atoms with Crippen molar-refractivity contribution < 1.29 is 9.53 Å². The second-order valence-corrected chi connectivity index (χ2v) is 12.7. The normalized spacial score (nSPS) is 25.9. The minimum Gasteiger partial charge on any atom is -0.465 e. The molecule has 2 nitrogen and oxygen atoms in total. The van der Waals surface area contributed by atoms with Gasteiger partial charge in [0.25, 0.3) is 0 Å². The first kappa shape index (κ1) is 30.2. The van der Waals surface area contributed by atoms with Gasteiger partial charge in [0.2, 0.25) is 0 Å². The molecule has 0 saturated heterocycles. The number of esters is 1. The summed E-state index contributed by atoms with van der Waals surface area (Å²) in [6.07, 6.45) is 29.5. The highest BCUT2D eigenvalue weighted by molar-refractivity contribution is 5.69. The minimum atomic E-state index is 0.0104. The molecule has 0 aliphatic heterocycles. The van der Waals surface area contributed by atoms with Crippen LogP contribution in [0.1, 0.15) is 150 Å². The summed E-state index contributed by atoms with van der Waals surface area (Å²) >= 11 is 0. The first-order valence-corrected chi connectivity index (χ1v) is 15.3. The molecule has 0 aromatic heterocycles. The summed E-state index contributed by atoms with van der Waals surface area (Å²) in [6, 6.07) is 0. The largest absolute Gasteiger partial charge is 0.465 e. The van der Waals surface area contributed by atoms with Crippen LogP contribution in [0.4, 0.5) is 0 Å². The summed E-state index contributed by atoms with van der Waals surface area (Å²) in [4.78, 5) is 12.5. The zero-order valence-electron chi connectivity index (χ0n) is 24.1. The van der Waals surface area contributed by atoms with Crippen LogP contribution in [0.2, 0.25) is 0 Å². The third-order valence-electron chi connectivity index (χ3n) is 9.35. The molecule has 2 aliphatic rings. The molecule has 202 valence electrons. The number of rotatable bonds is 17. The zero-order chi connectivity index (χ0) is 25.6. The number of unbranched alkanes of at least 4 members (excludes halogenated alkanes) is 11. The predicted octanol–water partition coefficient (Wildman–Crippen LogP) is 10.4. The highest BCUT2D eigenvalue weighted by Crippen LogP contribution is 2.59. The smallest absolute Gasteiger partial charge is 0.305 e.